The summed E-state index contributed by atoms with van der Waals surface area (Å²) in [5.41, 5.74) is 1.45. The molecule has 1 aromatic rings. The van der Waals surface area contributed by atoms with E-state index in [1.807, 2.05) is 0 Å². The van der Waals surface area contributed by atoms with Crippen LogP contribution in [0, 0.1) is 0 Å². The molecule has 1 aromatic carbocycles. The first kappa shape index (κ1) is 14.2. The first-order valence-corrected chi connectivity index (χ1v) is 8.00. The minimum absolute atomic E-state index is 0.661. The summed E-state index contributed by atoms with van der Waals surface area (Å²) in [5, 5.41) is 1.07. The van der Waals surface area contributed by atoms with Gasteiger partial charge in [-0.3, -0.25) is 0 Å². The highest BCUT2D eigenvalue weighted by atomic mass is 79.9. The van der Waals surface area contributed by atoms with Crippen LogP contribution in [-0.4, -0.2) is 5.33 Å². The van der Waals surface area contributed by atoms with Crippen LogP contribution in [0.5, 0.6) is 0 Å². The Morgan fingerprint density at radius 1 is 1.19 bits per heavy atom. The van der Waals surface area contributed by atoms with E-state index in [0.717, 1.165) is 5.33 Å². The third kappa shape index (κ3) is 5.01. The van der Waals surface area contributed by atoms with Crippen LogP contribution in [0.15, 0.2) is 28.7 Å². The maximum atomic E-state index is 3.63. The van der Waals surface area contributed by atoms with Gasteiger partial charge in [-0.2, -0.15) is 0 Å². The van der Waals surface area contributed by atoms with Crippen molar-refractivity contribution in [2.24, 2.45) is 0 Å². The van der Waals surface area contributed by atoms with E-state index in [1.165, 1.54) is 42.1 Å². The second-order valence-electron chi connectivity index (χ2n) is 4.26. The highest BCUT2D eigenvalue weighted by Crippen LogP contribution is 2.26. The Morgan fingerprint density at radius 3 is 2.62 bits per heavy atom. The number of halogens is 2. The van der Waals surface area contributed by atoms with Gasteiger partial charge in [-0.15, -0.1) is 0 Å². The van der Waals surface area contributed by atoms with E-state index in [-0.39, 0.29) is 0 Å². The summed E-state index contributed by atoms with van der Waals surface area (Å²) >= 11 is 7.17. The lowest BCUT2D eigenvalue weighted by molar-refractivity contribution is 0.585. The lowest BCUT2D eigenvalue weighted by Crippen LogP contribution is -2.00. The van der Waals surface area contributed by atoms with Gasteiger partial charge in [0.05, 0.1) is 0 Å². The van der Waals surface area contributed by atoms with Crippen molar-refractivity contribution in [3.63, 3.8) is 0 Å². The summed E-state index contributed by atoms with van der Waals surface area (Å²) < 4.78 is 1.18. The predicted molar refractivity (Wildman–Crippen MR) is 79.4 cm³/mol. The molecule has 0 fully saturated rings. The van der Waals surface area contributed by atoms with Crippen LogP contribution in [0.2, 0.25) is 0 Å². The fourth-order valence-electron chi connectivity index (χ4n) is 1.91. The second kappa shape index (κ2) is 8.30. The molecule has 0 nitrogen and oxygen atoms in total. The molecule has 16 heavy (non-hydrogen) atoms. The van der Waals surface area contributed by atoms with E-state index in [0.29, 0.717) is 5.92 Å². The van der Waals surface area contributed by atoms with Gasteiger partial charge in [-0.25, -0.2) is 0 Å². The highest BCUT2D eigenvalue weighted by molar-refractivity contribution is 9.10. The number of hydrogen-bond donors (Lipinski definition) is 0. The van der Waals surface area contributed by atoms with Crippen molar-refractivity contribution in [2.75, 3.05) is 5.33 Å². The van der Waals surface area contributed by atoms with Gasteiger partial charge < -0.3 is 0 Å². The van der Waals surface area contributed by atoms with Crippen molar-refractivity contribution in [3.8, 4) is 0 Å². The molecule has 1 unspecified atom stereocenters. The molecule has 0 N–H and O–H groups in total. The molecule has 0 radical (unpaired) electrons. The first-order valence-electron chi connectivity index (χ1n) is 6.09. The molecule has 2 heteroatoms. The molecule has 0 heterocycles. The van der Waals surface area contributed by atoms with Crippen molar-refractivity contribution in [3.05, 3.63) is 34.3 Å². The molecule has 0 saturated carbocycles. The summed E-state index contributed by atoms with van der Waals surface area (Å²) in [7, 11) is 0. The molecule has 1 rings (SSSR count). The van der Waals surface area contributed by atoms with E-state index in [9.17, 15) is 0 Å². The Kier molecular flexibility index (Phi) is 7.39. The first-order chi connectivity index (χ1) is 7.77. The quantitative estimate of drug-likeness (QED) is 0.425. The normalized spacial score (nSPS) is 12.7. The van der Waals surface area contributed by atoms with Gasteiger partial charge in [0.25, 0.3) is 0 Å². The summed E-state index contributed by atoms with van der Waals surface area (Å²) in [6.07, 6.45) is 6.69. The van der Waals surface area contributed by atoms with Crippen molar-refractivity contribution in [2.45, 2.75) is 44.9 Å². The van der Waals surface area contributed by atoms with Gasteiger partial charge in [0.1, 0.15) is 0 Å². The molecule has 0 aliphatic carbocycles. The average Bonchev–Trinajstić information content (AvgIpc) is 2.29. The molecule has 0 amide bonds. The van der Waals surface area contributed by atoms with Gasteiger partial charge in [-0.05, 0) is 30.0 Å². The minimum atomic E-state index is 0.661. The maximum absolute atomic E-state index is 3.63. The molecule has 0 bridgehead atoms. The van der Waals surface area contributed by atoms with Crippen LogP contribution in [0.3, 0.4) is 0 Å². The molecule has 0 spiro atoms. The van der Waals surface area contributed by atoms with Crippen LogP contribution in [0.1, 0.15) is 50.5 Å². The minimum Gasteiger partial charge on any atom is -0.0921 e. The molecule has 0 aliphatic heterocycles. The van der Waals surface area contributed by atoms with Crippen molar-refractivity contribution in [1.29, 1.82) is 0 Å². The van der Waals surface area contributed by atoms with Crippen molar-refractivity contribution >= 4 is 31.9 Å². The van der Waals surface area contributed by atoms with E-state index in [1.54, 1.807) is 0 Å². The average molecular weight is 348 g/mol. The van der Waals surface area contributed by atoms with Crippen molar-refractivity contribution in [1.82, 2.24) is 0 Å². The molecule has 0 aromatic heterocycles. The lowest BCUT2D eigenvalue weighted by atomic mass is 9.95. The second-order valence-corrected chi connectivity index (χ2v) is 5.82. The zero-order valence-electron chi connectivity index (χ0n) is 9.89. The molecule has 90 valence electrons. The van der Waals surface area contributed by atoms with Gasteiger partial charge in [0.2, 0.25) is 0 Å². The van der Waals surface area contributed by atoms with Gasteiger partial charge in [-0.1, -0.05) is 76.6 Å². The Balaban J connectivity index is 2.47. The van der Waals surface area contributed by atoms with E-state index < -0.39 is 0 Å². The number of unbranched alkanes of at least 4 members (excludes halogenated alkanes) is 3. The zero-order chi connectivity index (χ0) is 11.8. The summed E-state index contributed by atoms with van der Waals surface area (Å²) in [6.45, 7) is 2.26. The summed E-state index contributed by atoms with van der Waals surface area (Å²) in [5.74, 6) is 0.661. The number of benzene rings is 1. The molecule has 0 aliphatic rings. The Labute approximate surface area is 116 Å². The number of rotatable bonds is 7. The smallest absolute Gasteiger partial charge is 0.0178 e. The molecule has 1 atom stereocenters. The fourth-order valence-corrected chi connectivity index (χ4v) is 3.03. The van der Waals surface area contributed by atoms with Crippen LogP contribution >= 0.6 is 31.9 Å². The SMILES string of the molecule is CCCCCCC(CBr)c1cccc(Br)c1. The molecule has 0 saturated heterocycles. The van der Waals surface area contributed by atoms with Crippen LogP contribution in [0.4, 0.5) is 0 Å². The monoisotopic (exact) mass is 346 g/mol. The van der Waals surface area contributed by atoms with E-state index in [4.69, 9.17) is 0 Å². The molecular formula is C14H20Br2. The third-order valence-electron chi connectivity index (χ3n) is 2.91. The standard InChI is InChI=1S/C14H20Br2/c1-2-3-4-5-7-13(11-15)12-8-6-9-14(16)10-12/h6,8-10,13H,2-5,7,11H2,1H3. The lowest BCUT2D eigenvalue weighted by Gasteiger charge is -2.14. The Morgan fingerprint density at radius 2 is 2.00 bits per heavy atom. The maximum Gasteiger partial charge on any atom is 0.0178 e. The third-order valence-corrected chi connectivity index (χ3v) is 4.19. The van der Waals surface area contributed by atoms with Gasteiger partial charge >= 0.3 is 0 Å². The van der Waals surface area contributed by atoms with Crippen LogP contribution in [-0.2, 0) is 0 Å². The summed E-state index contributed by atoms with van der Waals surface area (Å²) in [4.78, 5) is 0. The van der Waals surface area contributed by atoms with E-state index >= 15 is 0 Å². The Hall–Kier alpha value is 0.180. The fraction of sp³-hybridized carbons (Fsp3) is 0.571. The summed E-state index contributed by atoms with van der Waals surface area (Å²) in [6, 6.07) is 8.69. The Bertz CT molecular complexity index is 297. The van der Waals surface area contributed by atoms with Gasteiger partial charge in [0, 0.05) is 9.80 Å². The zero-order valence-corrected chi connectivity index (χ0v) is 13.1. The van der Waals surface area contributed by atoms with Crippen molar-refractivity contribution < 1.29 is 0 Å². The highest BCUT2D eigenvalue weighted by Gasteiger charge is 2.09. The molecular weight excluding hydrogens is 328 g/mol. The van der Waals surface area contributed by atoms with E-state index in [2.05, 4.69) is 63.0 Å². The van der Waals surface area contributed by atoms with Crippen LogP contribution < -0.4 is 0 Å². The topological polar surface area (TPSA) is 0 Å². The van der Waals surface area contributed by atoms with Crippen LogP contribution in [0.25, 0.3) is 0 Å². The van der Waals surface area contributed by atoms with Gasteiger partial charge in [0.15, 0.2) is 0 Å². The predicted octanol–water partition coefficient (Wildman–Crippen LogP) is 5.90. The number of hydrogen-bond acceptors (Lipinski definition) is 0. The number of alkyl halides is 1. The largest absolute Gasteiger partial charge is 0.0921 e.